The molecule has 0 N–H and O–H groups in total. The van der Waals surface area contributed by atoms with Crippen LogP contribution in [-0.2, 0) is 0 Å². The quantitative estimate of drug-likeness (QED) is 0.508. The minimum Gasteiger partial charge on any atom is -0.289 e. The van der Waals surface area contributed by atoms with Gasteiger partial charge in [0.25, 0.3) is 0 Å². The van der Waals surface area contributed by atoms with E-state index in [1.165, 1.54) is 0 Å². The molecule has 0 saturated heterocycles. The number of fused-ring (bicyclic) bond motifs is 2. The largest absolute Gasteiger partial charge is 0.289 e. The zero-order valence-electron chi connectivity index (χ0n) is 13.6. The molecule has 4 rings (SSSR count). The Bertz CT molecular complexity index is 995. The Morgan fingerprint density at radius 2 is 1.17 bits per heavy atom. The summed E-state index contributed by atoms with van der Waals surface area (Å²) in [6.07, 6.45) is 0. The predicted molar refractivity (Wildman–Crippen MR) is 94.7 cm³/mol. The first-order valence-corrected chi connectivity index (χ1v) is 7.97. The standard InChI is InChI=1S/C22H16O2/c1-13-7-10-15(11-8-13)16-12-9-14(2)19-20(16)22(24)18-6-4-3-5-17(18)21(19)23/h3-12H,1-2H3. The summed E-state index contributed by atoms with van der Waals surface area (Å²) in [6, 6.07) is 19.0. The van der Waals surface area contributed by atoms with Crippen molar-refractivity contribution in [1.82, 2.24) is 0 Å². The van der Waals surface area contributed by atoms with E-state index >= 15 is 0 Å². The van der Waals surface area contributed by atoms with E-state index in [0.29, 0.717) is 22.3 Å². The van der Waals surface area contributed by atoms with Gasteiger partial charge in [0.2, 0.25) is 0 Å². The van der Waals surface area contributed by atoms with Crippen molar-refractivity contribution in [1.29, 1.82) is 0 Å². The van der Waals surface area contributed by atoms with Crippen molar-refractivity contribution in [3.8, 4) is 11.1 Å². The minimum atomic E-state index is -0.0699. The molecular weight excluding hydrogens is 296 g/mol. The number of ketones is 2. The summed E-state index contributed by atoms with van der Waals surface area (Å²) in [4.78, 5) is 26.1. The molecule has 0 saturated carbocycles. The van der Waals surface area contributed by atoms with Crippen molar-refractivity contribution in [2.24, 2.45) is 0 Å². The Morgan fingerprint density at radius 3 is 1.79 bits per heavy atom. The molecule has 0 atom stereocenters. The van der Waals surface area contributed by atoms with Gasteiger partial charge in [-0.15, -0.1) is 0 Å². The van der Waals surface area contributed by atoms with Crippen molar-refractivity contribution < 1.29 is 9.59 Å². The van der Waals surface area contributed by atoms with Crippen LogP contribution in [-0.4, -0.2) is 11.6 Å². The predicted octanol–water partition coefficient (Wildman–Crippen LogP) is 4.75. The molecule has 3 aromatic rings. The number of hydrogen-bond donors (Lipinski definition) is 0. The second-order valence-electron chi connectivity index (χ2n) is 6.25. The van der Waals surface area contributed by atoms with E-state index < -0.39 is 0 Å². The number of carbonyl (C=O) groups is 2. The molecule has 0 unspecified atom stereocenters. The summed E-state index contributed by atoms with van der Waals surface area (Å²) in [5, 5.41) is 0. The van der Waals surface area contributed by atoms with Gasteiger partial charge in [-0.3, -0.25) is 9.59 Å². The summed E-state index contributed by atoms with van der Waals surface area (Å²) in [5.41, 5.74) is 5.84. The molecule has 1 aliphatic carbocycles. The normalized spacial score (nSPS) is 12.8. The lowest BCUT2D eigenvalue weighted by Crippen LogP contribution is -2.22. The molecule has 116 valence electrons. The minimum absolute atomic E-state index is 0.0633. The highest BCUT2D eigenvalue weighted by Crippen LogP contribution is 2.36. The van der Waals surface area contributed by atoms with Gasteiger partial charge in [0.05, 0.1) is 0 Å². The monoisotopic (exact) mass is 312 g/mol. The molecule has 0 radical (unpaired) electrons. The summed E-state index contributed by atoms with van der Waals surface area (Å²) < 4.78 is 0. The summed E-state index contributed by atoms with van der Waals surface area (Å²) >= 11 is 0. The third kappa shape index (κ3) is 2.04. The van der Waals surface area contributed by atoms with Gasteiger partial charge < -0.3 is 0 Å². The topological polar surface area (TPSA) is 34.1 Å². The maximum absolute atomic E-state index is 13.1. The lowest BCUT2D eigenvalue weighted by molar-refractivity contribution is 0.0979. The van der Waals surface area contributed by atoms with Crippen LogP contribution in [0.3, 0.4) is 0 Å². The molecular formula is C22H16O2. The number of benzene rings is 3. The van der Waals surface area contributed by atoms with Gasteiger partial charge in [-0.05, 0) is 30.5 Å². The molecule has 2 heteroatoms. The smallest absolute Gasteiger partial charge is 0.195 e. The van der Waals surface area contributed by atoms with Crippen LogP contribution in [0.5, 0.6) is 0 Å². The third-order valence-corrected chi connectivity index (χ3v) is 4.65. The fourth-order valence-corrected chi connectivity index (χ4v) is 3.36. The fourth-order valence-electron chi connectivity index (χ4n) is 3.36. The SMILES string of the molecule is Cc1ccc(-c2ccc(C)c3c2C(=O)c2ccccc2C3=O)cc1. The van der Waals surface area contributed by atoms with Crippen molar-refractivity contribution in [2.75, 3.05) is 0 Å². The van der Waals surface area contributed by atoms with Crippen LogP contribution in [0.15, 0.2) is 60.7 Å². The number of carbonyl (C=O) groups excluding carboxylic acids is 2. The maximum atomic E-state index is 13.1. The van der Waals surface area contributed by atoms with Gasteiger partial charge >= 0.3 is 0 Å². The van der Waals surface area contributed by atoms with Crippen molar-refractivity contribution in [3.05, 3.63) is 94.0 Å². The molecule has 0 fully saturated rings. The molecule has 0 bridgehead atoms. The van der Waals surface area contributed by atoms with Crippen LogP contribution in [0, 0.1) is 13.8 Å². The first kappa shape index (κ1) is 14.6. The van der Waals surface area contributed by atoms with Gasteiger partial charge in [0.15, 0.2) is 11.6 Å². The van der Waals surface area contributed by atoms with E-state index in [9.17, 15) is 9.59 Å². The Labute approximate surface area is 140 Å². The van der Waals surface area contributed by atoms with Gasteiger partial charge in [0, 0.05) is 22.3 Å². The molecule has 0 amide bonds. The molecule has 1 aliphatic rings. The zero-order valence-corrected chi connectivity index (χ0v) is 13.6. The van der Waals surface area contributed by atoms with E-state index in [1.807, 2.05) is 50.2 Å². The lowest BCUT2D eigenvalue weighted by Gasteiger charge is -2.22. The van der Waals surface area contributed by atoms with Crippen LogP contribution < -0.4 is 0 Å². The highest BCUT2D eigenvalue weighted by Gasteiger charge is 2.32. The Kier molecular flexibility index (Phi) is 3.20. The van der Waals surface area contributed by atoms with Crippen LogP contribution >= 0.6 is 0 Å². The highest BCUT2D eigenvalue weighted by molar-refractivity contribution is 6.30. The van der Waals surface area contributed by atoms with Crippen molar-refractivity contribution in [2.45, 2.75) is 13.8 Å². The van der Waals surface area contributed by atoms with Gasteiger partial charge in [-0.2, -0.15) is 0 Å². The van der Waals surface area contributed by atoms with Crippen LogP contribution in [0.4, 0.5) is 0 Å². The summed E-state index contributed by atoms with van der Waals surface area (Å²) in [5.74, 6) is -0.133. The first-order valence-electron chi connectivity index (χ1n) is 7.97. The van der Waals surface area contributed by atoms with Crippen LogP contribution in [0.25, 0.3) is 11.1 Å². The van der Waals surface area contributed by atoms with E-state index in [1.54, 1.807) is 24.3 Å². The molecule has 0 aliphatic heterocycles. The molecule has 24 heavy (non-hydrogen) atoms. The Balaban J connectivity index is 2.03. The Morgan fingerprint density at radius 1 is 0.583 bits per heavy atom. The number of rotatable bonds is 1. The summed E-state index contributed by atoms with van der Waals surface area (Å²) in [6.45, 7) is 3.91. The molecule has 0 heterocycles. The zero-order chi connectivity index (χ0) is 16.8. The van der Waals surface area contributed by atoms with E-state index in [0.717, 1.165) is 22.3 Å². The van der Waals surface area contributed by atoms with Gasteiger partial charge in [-0.25, -0.2) is 0 Å². The second-order valence-corrected chi connectivity index (χ2v) is 6.25. The summed E-state index contributed by atoms with van der Waals surface area (Å²) in [7, 11) is 0. The second kappa shape index (κ2) is 5.27. The molecule has 2 nitrogen and oxygen atoms in total. The van der Waals surface area contributed by atoms with E-state index in [2.05, 4.69) is 0 Å². The van der Waals surface area contributed by atoms with Crippen molar-refractivity contribution in [3.63, 3.8) is 0 Å². The first-order chi connectivity index (χ1) is 11.6. The number of aryl methyl sites for hydroxylation is 2. The molecule has 0 spiro atoms. The van der Waals surface area contributed by atoms with E-state index in [4.69, 9.17) is 0 Å². The average Bonchev–Trinajstić information content (AvgIpc) is 2.60. The fraction of sp³-hybridized carbons (Fsp3) is 0.0909. The number of hydrogen-bond acceptors (Lipinski definition) is 2. The third-order valence-electron chi connectivity index (χ3n) is 4.65. The van der Waals surface area contributed by atoms with Crippen molar-refractivity contribution >= 4 is 11.6 Å². The molecule has 0 aromatic heterocycles. The Hall–Kier alpha value is -3.00. The van der Waals surface area contributed by atoms with Crippen LogP contribution in [0.2, 0.25) is 0 Å². The van der Waals surface area contributed by atoms with Gasteiger partial charge in [0.1, 0.15) is 0 Å². The highest BCUT2D eigenvalue weighted by atomic mass is 16.1. The maximum Gasteiger partial charge on any atom is 0.195 e. The molecule has 3 aromatic carbocycles. The van der Waals surface area contributed by atoms with E-state index in [-0.39, 0.29) is 11.6 Å². The lowest BCUT2D eigenvalue weighted by atomic mass is 9.78. The van der Waals surface area contributed by atoms with Gasteiger partial charge in [-0.1, -0.05) is 66.2 Å². The average molecular weight is 312 g/mol. The van der Waals surface area contributed by atoms with Crippen LogP contribution in [0.1, 0.15) is 43.0 Å².